The Morgan fingerprint density at radius 3 is 2.33 bits per heavy atom. The van der Waals surface area contributed by atoms with Crippen molar-refractivity contribution in [2.75, 3.05) is 0 Å². The van der Waals surface area contributed by atoms with E-state index in [-0.39, 0.29) is 45.1 Å². The van der Waals surface area contributed by atoms with Crippen molar-refractivity contribution >= 4 is 6.29 Å². The molecule has 0 radical (unpaired) electrons. The van der Waals surface area contributed by atoms with E-state index in [1.165, 1.54) is 0 Å². The number of hydrogen-bond acceptors (Lipinski definition) is 2. The Labute approximate surface area is 96.4 Å². The van der Waals surface area contributed by atoms with Crippen molar-refractivity contribution in [2.24, 2.45) is 0 Å². The van der Waals surface area contributed by atoms with Crippen LogP contribution in [0, 0.1) is 38.5 Å². The average Bonchev–Trinajstić information content (AvgIpc) is 2.04. The van der Waals surface area contributed by atoms with E-state index in [9.17, 15) is 4.79 Å². The largest absolute Gasteiger partial charge is 2.00 e. The molecule has 0 aromatic heterocycles. The van der Waals surface area contributed by atoms with E-state index in [1.807, 2.05) is 0 Å². The second-order valence-electron chi connectivity index (χ2n) is 1.92. The summed E-state index contributed by atoms with van der Waals surface area (Å²) in [4.78, 5) is 10.2. The summed E-state index contributed by atoms with van der Waals surface area (Å²) in [7, 11) is 0. The van der Waals surface area contributed by atoms with Gasteiger partial charge in [0.25, 0.3) is 0 Å². The van der Waals surface area contributed by atoms with Crippen molar-refractivity contribution in [3.05, 3.63) is 42.8 Å². The second kappa shape index (κ2) is 7.55. The van der Waals surface area contributed by atoms with Gasteiger partial charge in [-0.2, -0.15) is 6.07 Å². The maximum Gasteiger partial charge on any atom is 2.00 e. The molecular formula is C9H10O2U. The van der Waals surface area contributed by atoms with Gasteiger partial charge in [-0.1, -0.05) is 6.07 Å². The van der Waals surface area contributed by atoms with Gasteiger partial charge in [0.05, 0.1) is 6.29 Å². The Balaban J connectivity index is 0. The molecule has 62 valence electrons. The molecule has 0 aliphatic heterocycles. The zero-order chi connectivity index (χ0) is 7.40. The topological polar surface area (TPSA) is 37.3 Å². The molecule has 3 heteroatoms. The molecule has 2 nitrogen and oxygen atoms in total. The van der Waals surface area contributed by atoms with Crippen molar-refractivity contribution in [1.29, 1.82) is 0 Å². The minimum absolute atomic E-state index is 0. The van der Waals surface area contributed by atoms with E-state index in [0.29, 0.717) is 11.1 Å². The fourth-order valence-electron chi connectivity index (χ4n) is 0.758. The Kier molecular flexibility index (Phi) is 9.07. The molecule has 0 heterocycles. The van der Waals surface area contributed by atoms with Gasteiger partial charge in [-0.05, 0) is 0 Å². The van der Waals surface area contributed by atoms with E-state index in [0.717, 1.165) is 0 Å². The van der Waals surface area contributed by atoms with Gasteiger partial charge in [0, 0.05) is 6.61 Å². The van der Waals surface area contributed by atoms with Crippen LogP contribution in [0.15, 0.2) is 24.3 Å². The first-order valence-electron chi connectivity index (χ1n) is 2.95. The maximum atomic E-state index is 10.2. The van der Waals surface area contributed by atoms with Crippen molar-refractivity contribution < 1.29 is 41.0 Å². The van der Waals surface area contributed by atoms with Crippen LogP contribution >= 0.6 is 0 Å². The molecular weight excluding hydrogens is 378 g/mol. The number of rotatable bonds is 2. The SMILES string of the molecule is O=[C-]c1ccccc1CO.[CH3-].[U+2]. The van der Waals surface area contributed by atoms with Gasteiger partial charge < -0.3 is 17.3 Å². The van der Waals surface area contributed by atoms with Crippen LogP contribution in [0.2, 0.25) is 0 Å². The predicted octanol–water partition coefficient (Wildman–Crippen LogP) is 1.09. The normalized spacial score (nSPS) is 7.75. The third-order valence-electron chi connectivity index (χ3n) is 1.30. The standard InChI is InChI=1S/C8H7O2.CH3.U/c9-5-7-3-1-2-4-8(7)6-10;;/h1-4,9H,5H2;1H3;/q2*-1;+2. The minimum Gasteiger partial charge on any atom is -0.404 e. The summed E-state index contributed by atoms with van der Waals surface area (Å²) < 4.78 is 0. The molecule has 0 unspecified atom stereocenters. The number of aliphatic hydroxyl groups excluding tert-OH is 1. The summed E-state index contributed by atoms with van der Waals surface area (Å²) in [6.45, 7) is -0.106. The van der Waals surface area contributed by atoms with Crippen LogP contribution in [0.25, 0.3) is 0 Å². The molecule has 0 saturated heterocycles. The first-order valence-corrected chi connectivity index (χ1v) is 2.95. The summed E-state index contributed by atoms with van der Waals surface area (Å²) in [5, 5.41) is 8.67. The molecule has 1 rings (SSSR count). The van der Waals surface area contributed by atoms with Crippen LogP contribution in [0.1, 0.15) is 11.1 Å². The number of hydrogen-bond donors (Lipinski definition) is 1. The first-order chi connectivity index (χ1) is 4.88. The third-order valence-corrected chi connectivity index (χ3v) is 1.30. The summed E-state index contributed by atoms with van der Waals surface area (Å²) in [5.41, 5.74) is 1.06. The molecule has 0 amide bonds. The minimum atomic E-state index is -0.106. The van der Waals surface area contributed by atoms with E-state index >= 15 is 0 Å². The van der Waals surface area contributed by atoms with Crippen molar-refractivity contribution in [3.8, 4) is 0 Å². The quantitative estimate of drug-likeness (QED) is 0.771. The van der Waals surface area contributed by atoms with Gasteiger partial charge in [-0.3, -0.25) is 0 Å². The fraction of sp³-hybridized carbons (Fsp3) is 0.111. The van der Waals surface area contributed by atoms with Crippen LogP contribution in [0.5, 0.6) is 0 Å². The van der Waals surface area contributed by atoms with Crippen LogP contribution in [0.4, 0.5) is 0 Å². The Morgan fingerprint density at radius 1 is 1.33 bits per heavy atom. The van der Waals surface area contributed by atoms with Crippen LogP contribution < -0.4 is 0 Å². The first kappa shape index (κ1) is 14.4. The molecule has 0 saturated carbocycles. The average molecular weight is 388 g/mol. The Bertz CT molecular complexity index is 236. The van der Waals surface area contributed by atoms with Crippen molar-refractivity contribution in [3.63, 3.8) is 0 Å². The number of carbonyl (C=O) groups excluding carboxylic acids is 1. The fourth-order valence-corrected chi connectivity index (χ4v) is 0.758. The van der Waals surface area contributed by atoms with Crippen molar-refractivity contribution in [1.82, 2.24) is 0 Å². The molecule has 1 N–H and O–H groups in total. The summed E-state index contributed by atoms with van der Waals surface area (Å²) in [6.07, 6.45) is 1.74. The van der Waals surface area contributed by atoms with Gasteiger partial charge in [0.2, 0.25) is 0 Å². The smallest absolute Gasteiger partial charge is 0.404 e. The molecule has 0 aliphatic carbocycles. The molecule has 0 atom stereocenters. The predicted molar refractivity (Wildman–Crippen MR) is 43.6 cm³/mol. The van der Waals surface area contributed by atoms with Gasteiger partial charge in [0.1, 0.15) is 0 Å². The summed E-state index contributed by atoms with van der Waals surface area (Å²) in [6, 6.07) is 6.82. The maximum absolute atomic E-state index is 10.2. The zero-order valence-corrected chi connectivity index (χ0v) is 11.0. The Hall–Kier alpha value is -0.0981. The van der Waals surface area contributed by atoms with E-state index < -0.39 is 0 Å². The number of aliphatic hydroxyl groups is 1. The van der Waals surface area contributed by atoms with Crippen LogP contribution in [0.3, 0.4) is 0 Å². The molecule has 12 heavy (non-hydrogen) atoms. The monoisotopic (exact) mass is 388 g/mol. The van der Waals surface area contributed by atoms with Crippen molar-refractivity contribution in [2.45, 2.75) is 6.61 Å². The van der Waals surface area contributed by atoms with E-state index in [4.69, 9.17) is 5.11 Å². The molecule has 0 spiro atoms. The zero-order valence-electron chi connectivity index (χ0n) is 6.87. The molecule has 1 aromatic rings. The van der Waals surface area contributed by atoms with E-state index in [1.54, 1.807) is 30.6 Å². The van der Waals surface area contributed by atoms with Gasteiger partial charge >= 0.3 is 31.1 Å². The van der Waals surface area contributed by atoms with Crippen LogP contribution in [-0.4, -0.2) is 11.4 Å². The van der Waals surface area contributed by atoms with Gasteiger partial charge in [-0.25, -0.2) is 0 Å². The van der Waals surface area contributed by atoms with E-state index in [2.05, 4.69) is 0 Å². The number of benzene rings is 1. The summed E-state index contributed by atoms with van der Waals surface area (Å²) >= 11 is 0. The third kappa shape index (κ3) is 3.53. The second-order valence-corrected chi connectivity index (χ2v) is 1.92. The van der Waals surface area contributed by atoms with Gasteiger partial charge in [0.15, 0.2) is 0 Å². The molecule has 0 fully saturated rings. The summed E-state index contributed by atoms with van der Waals surface area (Å²) in [5.74, 6) is 0. The molecule has 0 bridgehead atoms. The van der Waals surface area contributed by atoms with Gasteiger partial charge in [-0.15, -0.1) is 23.3 Å². The van der Waals surface area contributed by atoms with Crippen LogP contribution in [-0.2, 0) is 11.4 Å². The molecule has 0 aliphatic rings. The molecule has 1 aromatic carbocycles. The Morgan fingerprint density at radius 2 is 1.92 bits per heavy atom.